The first-order valence-electron chi connectivity index (χ1n) is 8.57. The van der Waals surface area contributed by atoms with E-state index in [1.54, 1.807) is 0 Å². The molecule has 1 aliphatic heterocycles. The van der Waals surface area contributed by atoms with Gasteiger partial charge in [0.2, 0.25) is 0 Å². The quantitative estimate of drug-likeness (QED) is 0.736. The Hall–Kier alpha value is -2.05. The third-order valence-electron chi connectivity index (χ3n) is 4.60. The van der Waals surface area contributed by atoms with Crippen molar-refractivity contribution in [1.29, 1.82) is 0 Å². The van der Waals surface area contributed by atoms with E-state index in [9.17, 15) is 4.79 Å². The Labute approximate surface area is 153 Å². The van der Waals surface area contributed by atoms with Crippen molar-refractivity contribution in [2.75, 3.05) is 13.2 Å². The molecule has 7 heteroatoms. The second-order valence-electron chi connectivity index (χ2n) is 6.50. The second kappa shape index (κ2) is 7.89. The molecule has 0 spiro atoms. The fourth-order valence-corrected chi connectivity index (χ4v) is 2.96. The molecule has 2 aromatic rings. The number of nitrogens with one attached hydrogen (secondary N) is 3. The summed E-state index contributed by atoms with van der Waals surface area (Å²) in [4.78, 5) is 12.5. The molecule has 1 aromatic carbocycles. The van der Waals surface area contributed by atoms with E-state index in [2.05, 4.69) is 20.8 Å². The molecule has 1 amide bonds. The van der Waals surface area contributed by atoms with Crippen molar-refractivity contribution < 1.29 is 9.53 Å². The topological polar surface area (TPSA) is 79.0 Å². The number of carbonyl (C=O) groups is 1. The largest absolute Gasteiger partial charge is 0.493 e. The summed E-state index contributed by atoms with van der Waals surface area (Å²) in [5, 5.41) is 13.4. The number of aromatic amines is 1. The first-order valence-corrected chi connectivity index (χ1v) is 8.57. The van der Waals surface area contributed by atoms with Gasteiger partial charge in [0.1, 0.15) is 5.75 Å². The first kappa shape index (κ1) is 17.8. The summed E-state index contributed by atoms with van der Waals surface area (Å²) in [5.74, 6) is 1.42. The molecule has 1 aromatic heterocycles. The van der Waals surface area contributed by atoms with Crippen LogP contribution in [0, 0.1) is 5.92 Å². The number of ether oxygens (including phenoxy) is 1. The summed E-state index contributed by atoms with van der Waals surface area (Å²) < 4.78 is 5.89. The zero-order valence-corrected chi connectivity index (χ0v) is 14.8. The van der Waals surface area contributed by atoms with Gasteiger partial charge in [0.25, 0.3) is 5.91 Å². The van der Waals surface area contributed by atoms with Crippen LogP contribution in [0.3, 0.4) is 0 Å². The normalized spacial score (nSPS) is 15.8. The molecule has 1 saturated carbocycles. The predicted octanol–water partition coefficient (Wildman–Crippen LogP) is 2.20. The zero-order valence-electron chi connectivity index (χ0n) is 14.0. The highest BCUT2D eigenvalue weighted by Crippen LogP contribution is 2.30. The summed E-state index contributed by atoms with van der Waals surface area (Å²) in [6.45, 7) is 2.82. The predicted molar refractivity (Wildman–Crippen MR) is 97.1 cm³/mol. The van der Waals surface area contributed by atoms with Gasteiger partial charge in [-0.2, -0.15) is 5.10 Å². The fourth-order valence-electron chi connectivity index (χ4n) is 2.96. The van der Waals surface area contributed by atoms with Crippen LogP contribution in [-0.4, -0.2) is 29.3 Å². The molecule has 3 N–H and O–H groups in total. The summed E-state index contributed by atoms with van der Waals surface area (Å²) in [6, 6.07) is 7.88. The van der Waals surface area contributed by atoms with Crippen LogP contribution in [0.5, 0.6) is 5.75 Å². The molecule has 0 unspecified atom stereocenters. The zero-order chi connectivity index (χ0) is 16.4. The Kier molecular flexibility index (Phi) is 5.60. The molecule has 0 radical (unpaired) electrons. The minimum atomic E-state index is -0.145. The Morgan fingerprint density at radius 2 is 2.16 bits per heavy atom. The Morgan fingerprint density at radius 3 is 3.00 bits per heavy atom. The molecule has 0 atom stereocenters. The Balaban J connectivity index is 0.00000182. The second-order valence-corrected chi connectivity index (χ2v) is 6.50. The lowest BCUT2D eigenvalue weighted by atomic mass is 10.1. The van der Waals surface area contributed by atoms with Gasteiger partial charge in [0.15, 0.2) is 5.69 Å². The lowest BCUT2D eigenvalue weighted by Crippen LogP contribution is -2.28. The Bertz CT molecular complexity index is 742. The van der Waals surface area contributed by atoms with Crippen molar-refractivity contribution in [2.24, 2.45) is 5.92 Å². The number of H-pyrrole nitrogens is 1. The van der Waals surface area contributed by atoms with Crippen molar-refractivity contribution in [2.45, 2.75) is 32.4 Å². The van der Waals surface area contributed by atoms with E-state index in [0.717, 1.165) is 42.1 Å². The number of hydrogen-bond donors (Lipinski definition) is 3. The molecule has 1 aliphatic carbocycles. The van der Waals surface area contributed by atoms with E-state index >= 15 is 0 Å². The van der Waals surface area contributed by atoms with Gasteiger partial charge in [-0.25, -0.2) is 0 Å². The molecule has 1 fully saturated rings. The lowest BCUT2D eigenvalue weighted by Gasteiger charge is -2.14. The van der Waals surface area contributed by atoms with Gasteiger partial charge in [-0.1, -0.05) is 18.2 Å². The number of aromatic nitrogens is 2. The molecule has 0 bridgehead atoms. The maximum absolute atomic E-state index is 12.5. The molecule has 2 aliphatic rings. The van der Waals surface area contributed by atoms with Gasteiger partial charge in [0, 0.05) is 42.9 Å². The molecule has 2 heterocycles. The molecule has 25 heavy (non-hydrogen) atoms. The first-order chi connectivity index (χ1) is 11.8. The maximum atomic E-state index is 12.5. The molecule has 0 saturated heterocycles. The van der Waals surface area contributed by atoms with E-state index < -0.39 is 0 Å². The highest BCUT2D eigenvalue weighted by molar-refractivity contribution is 5.94. The van der Waals surface area contributed by atoms with E-state index in [1.165, 1.54) is 12.8 Å². The number of hydrogen-bond acceptors (Lipinski definition) is 4. The van der Waals surface area contributed by atoms with Crippen molar-refractivity contribution in [1.82, 2.24) is 20.8 Å². The number of benzene rings is 1. The number of amides is 1. The van der Waals surface area contributed by atoms with Gasteiger partial charge < -0.3 is 15.4 Å². The standard InChI is InChI=1S/C18H22N4O2.ClH/c23-18(17-14-10-19-8-7-15(14)21-22-17)20-9-13-3-1-2-4-16(13)24-11-12-5-6-12;/h1-4,12,19H,5-11H2,(H,20,23)(H,21,22);1H. The van der Waals surface area contributed by atoms with Gasteiger partial charge >= 0.3 is 0 Å². The van der Waals surface area contributed by atoms with Crippen molar-refractivity contribution in [3.8, 4) is 5.75 Å². The van der Waals surface area contributed by atoms with Gasteiger partial charge in [-0.15, -0.1) is 12.4 Å². The summed E-state index contributed by atoms with van der Waals surface area (Å²) in [7, 11) is 0. The lowest BCUT2D eigenvalue weighted by molar-refractivity contribution is 0.0944. The minimum Gasteiger partial charge on any atom is -0.493 e. The maximum Gasteiger partial charge on any atom is 0.272 e. The van der Waals surface area contributed by atoms with E-state index in [1.807, 2.05) is 24.3 Å². The molecular formula is C18H23ClN4O2. The van der Waals surface area contributed by atoms with Crippen molar-refractivity contribution in [3.05, 3.63) is 46.8 Å². The summed E-state index contributed by atoms with van der Waals surface area (Å²) in [5.41, 5.74) is 3.53. The van der Waals surface area contributed by atoms with Crippen LogP contribution in [0.15, 0.2) is 24.3 Å². The van der Waals surface area contributed by atoms with Crippen LogP contribution in [0.2, 0.25) is 0 Å². The van der Waals surface area contributed by atoms with Gasteiger partial charge in [0.05, 0.1) is 6.61 Å². The van der Waals surface area contributed by atoms with Crippen LogP contribution < -0.4 is 15.4 Å². The van der Waals surface area contributed by atoms with Crippen LogP contribution in [0.25, 0.3) is 0 Å². The average molecular weight is 363 g/mol. The molecule has 6 nitrogen and oxygen atoms in total. The third kappa shape index (κ3) is 4.14. The van der Waals surface area contributed by atoms with E-state index in [4.69, 9.17) is 4.74 Å². The summed E-state index contributed by atoms with van der Waals surface area (Å²) in [6.07, 6.45) is 3.40. The van der Waals surface area contributed by atoms with Crippen LogP contribution in [-0.2, 0) is 19.5 Å². The molecule has 134 valence electrons. The Morgan fingerprint density at radius 1 is 1.32 bits per heavy atom. The highest BCUT2D eigenvalue weighted by atomic mass is 35.5. The van der Waals surface area contributed by atoms with Crippen LogP contribution >= 0.6 is 12.4 Å². The third-order valence-corrected chi connectivity index (χ3v) is 4.60. The smallest absolute Gasteiger partial charge is 0.272 e. The SMILES string of the molecule is Cl.O=C(NCc1ccccc1OCC1CC1)c1n[nH]c2c1CNCC2. The monoisotopic (exact) mass is 362 g/mol. The van der Waals surface area contributed by atoms with Crippen molar-refractivity contribution in [3.63, 3.8) is 0 Å². The van der Waals surface area contributed by atoms with Gasteiger partial charge in [-0.05, 0) is 24.8 Å². The number of carbonyl (C=O) groups excluding carboxylic acids is 1. The molecular weight excluding hydrogens is 340 g/mol. The number of fused-ring (bicyclic) bond motifs is 1. The number of para-hydroxylation sites is 1. The van der Waals surface area contributed by atoms with Crippen molar-refractivity contribution >= 4 is 18.3 Å². The van der Waals surface area contributed by atoms with Gasteiger partial charge in [-0.3, -0.25) is 9.89 Å². The van der Waals surface area contributed by atoms with Crippen LogP contribution in [0.1, 0.15) is 40.2 Å². The van der Waals surface area contributed by atoms with E-state index in [-0.39, 0.29) is 18.3 Å². The fraction of sp³-hybridized carbons (Fsp3) is 0.444. The highest BCUT2D eigenvalue weighted by Gasteiger charge is 2.23. The number of nitrogens with zero attached hydrogens (tertiary/aromatic N) is 1. The number of halogens is 1. The average Bonchev–Trinajstić information content (AvgIpc) is 3.35. The minimum absolute atomic E-state index is 0. The van der Waals surface area contributed by atoms with E-state index in [0.29, 0.717) is 24.7 Å². The summed E-state index contributed by atoms with van der Waals surface area (Å²) >= 11 is 0. The van der Waals surface area contributed by atoms with Crippen LogP contribution in [0.4, 0.5) is 0 Å². The molecule has 4 rings (SSSR count). The number of rotatable bonds is 6.